The van der Waals surface area contributed by atoms with Gasteiger partial charge in [0.25, 0.3) is 0 Å². The largest absolute Gasteiger partial charge is 0.294 e. The van der Waals surface area contributed by atoms with Crippen LogP contribution in [0.1, 0.15) is 5.56 Å². The molecule has 0 N–H and O–H groups in total. The van der Waals surface area contributed by atoms with E-state index in [2.05, 4.69) is 40.0 Å². The molecule has 3 heteroatoms. The molecular weight excluding hydrogens is 204 g/mol. The van der Waals surface area contributed by atoms with E-state index < -0.39 is 0 Å². The summed E-state index contributed by atoms with van der Waals surface area (Å²) in [5.41, 5.74) is 2.38. The number of hydrogen-bond donors (Lipinski definition) is 0. The maximum atomic E-state index is 4.12. The molecule has 0 atom stereocenters. The first-order valence-electron chi connectivity index (χ1n) is 3.36. The Balaban J connectivity index is 2.86. The predicted molar refractivity (Wildman–Crippen MR) is 47.6 cm³/mol. The molecule has 0 aliphatic heterocycles. The van der Waals surface area contributed by atoms with Crippen molar-refractivity contribution in [3.8, 4) is 0 Å². The number of aryl methyl sites for hydroxylation is 1. The van der Waals surface area contributed by atoms with Crippen molar-refractivity contribution in [2.75, 3.05) is 0 Å². The average Bonchev–Trinajstić information content (AvgIpc) is 2.32. The Kier molecular flexibility index (Phi) is 1.46. The molecule has 0 radical (unpaired) electrons. The smallest absolute Gasteiger partial charge is 0.181 e. The van der Waals surface area contributed by atoms with E-state index in [9.17, 15) is 0 Å². The maximum absolute atomic E-state index is 4.12. The molecule has 0 aliphatic carbocycles. The van der Waals surface area contributed by atoms with Crippen LogP contribution in [0.25, 0.3) is 5.52 Å². The normalized spacial score (nSPS) is 10.7. The minimum Gasteiger partial charge on any atom is -0.294 e. The topological polar surface area (TPSA) is 17.3 Å². The van der Waals surface area contributed by atoms with Crippen molar-refractivity contribution >= 4 is 21.4 Å². The zero-order valence-electron chi connectivity index (χ0n) is 6.08. The summed E-state index contributed by atoms with van der Waals surface area (Å²) >= 11 is 3.34. The summed E-state index contributed by atoms with van der Waals surface area (Å²) < 4.78 is 2.85. The highest BCUT2D eigenvalue weighted by Gasteiger charge is 1.97. The van der Waals surface area contributed by atoms with Crippen molar-refractivity contribution in [2.24, 2.45) is 0 Å². The Morgan fingerprint density at radius 2 is 2.36 bits per heavy atom. The Labute approximate surface area is 73.0 Å². The second-order valence-electron chi connectivity index (χ2n) is 2.53. The predicted octanol–water partition coefficient (Wildman–Crippen LogP) is 2.41. The molecule has 11 heavy (non-hydrogen) atoms. The molecule has 2 heterocycles. The van der Waals surface area contributed by atoms with E-state index in [0.29, 0.717) is 0 Å². The van der Waals surface area contributed by atoms with Gasteiger partial charge in [-0.25, -0.2) is 4.98 Å². The fourth-order valence-electron chi connectivity index (χ4n) is 1.08. The highest BCUT2D eigenvalue weighted by atomic mass is 79.9. The van der Waals surface area contributed by atoms with Crippen LogP contribution in [0.4, 0.5) is 0 Å². The van der Waals surface area contributed by atoms with Gasteiger partial charge in [0.05, 0.1) is 11.7 Å². The number of aromatic nitrogens is 2. The molecule has 2 aromatic heterocycles. The third-order valence-electron chi connectivity index (χ3n) is 1.64. The van der Waals surface area contributed by atoms with Crippen LogP contribution in [0.2, 0.25) is 0 Å². The van der Waals surface area contributed by atoms with Gasteiger partial charge in [-0.1, -0.05) is 0 Å². The van der Waals surface area contributed by atoms with Crippen LogP contribution < -0.4 is 0 Å². The molecule has 0 saturated carbocycles. The maximum Gasteiger partial charge on any atom is 0.181 e. The lowest BCUT2D eigenvalue weighted by molar-refractivity contribution is 1.09. The van der Waals surface area contributed by atoms with Crippen molar-refractivity contribution in [2.45, 2.75) is 6.92 Å². The molecule has 2 aromatic rings. The van der Waals surface area contributed by atoms with Crippen molar-refractivity contribution < 1.29 is 0 Å². The summed E-state index contributed by atoms with van der Waals surface area (Å²) in [6.07, 6.45) is 3.85. The number of rotatable bonds is 0. The summed E-state index contributed by atoms with van der Waals surface area (Å²) in [5.74, 6) is 0. The van der Waals surface area contributed by atoms with Crippen LogP contribution in [-0.4, -0.2) is 9.38 Å². The third-order valence-corrected chi connectivity index (χ3v) is 2.23. The summed E-state index contributed by atoms with van der Waals surface area (Å²) in [7, 11) is 0. The first-order chi connectivity index (χ1) is 5.27. The summed E-state index contributed by atoms with van der Waals surface area (Å²) in [6.45, 7) is 2.07. The zero-order chi connectivity index (χ0) is 7.84. The number of imidazole rings is 1. The van der Waals surface area contributed by atoms with Gasteiger partial charge < -0.3 is 0 Å². The minimum atomic E-state index is 0.854. The van der Waals surface area contributed by atoms with E-state index in [-0.39, 0.29) is 0 Å². The van der Waals surface area contributed by atoms with Crippen LogP contribution in [-0.2, 0) is 0 Å². The van der Waals surface area contributed by atoms with Gasteiger partial charge in [0.15, 0.2) is 4.73 Å². The van der Waals surface area contributed by atoms with Crippen LogP contribution in [0.3, 0.4) is 0 Å². The van der Waals surface area contributed by atoms with Gasteiger partial charge in [-0.15, -0.1) is 0 Å². The summed E-state index contributed by atoms with van der Waals surface area (Å²) in [6, 6.07) is 4.15. The summed E-state index contributed by atoms with van der Waals surface area (Å²) in [4.78, 5) is 4.12. The molecular formula is C8H7BrN2. The monoisotopic (exact) mass is 210 g/mol. The second kappa shape index (κ2) is 2.34. The Morgan fingerprint density at radius 1 is 1.55 bits per heavy atom. The highest BCUT2D eigenvalue weighted by Crippen LogP contribution is 2.12. The lowest BCUT2D eigenvalue weighted by Gasteiger charge is -1.95. The van der Waals surface area contributed by atoms with E-state index in [4.69, 9.17) is 0 Å². The molecule has 2 rings (SSSR count). The Morgan fingerprint density at radius 3 is 3.18 bits per heavy atom. The molecule has 0 aliphatic rings. The molecule has 0 fully saturated rings. The SMILES string of the molecule is Cc1ccn2c(Br)ncc2c1. The first kappa shape index (κ1) is 6.85. The quantitative estimate of drug-likeness (QED) is 0.653. The third kappa shape index (κ3) is 1.05. The van der Waals surface area contributed by atoms with Crippen molar-refractivity contribution in [3.05, 3.63) is 34.8 Å². The van der Waals surface area contributed by atoms with Gasteiger partial charge in [-0.05, 0) is 40.5 Å². The van der Waals surface area contributed by atoms with E-state index >= 15 is 0 Å². The van der Waals surface area contributed by atoms with E-state index in [1.54, 1.807) is 0 Å². The Hall–Kier alpha value is -0.830. The van der Waals surface area contributed by atoms with Crippen LogP contribution >= 0.6 is 15.9 Å². The number of nitrogens with zero attached hydrogens (tertiary/aromatic N) is 2. The molecule has 0 amide bonds. The van der Waals surface area contributed by atoms with Gasteiger partial charge >= 0.3 is 0 Å². The first-order valence-corrected chi connectivity index (χ1v) is 4.16. The number of pyridine rings is 1. The Bertz CT molecular complexity index is 392. The number of halogens is 1. The molecule has 0 saturated heterocycles. The van der Waals surface area contributed by atoms with Gasteiger partial charge in [0, 0.05) is 6.20 Å². The van der Waals surface area contributed by atoms with Crippen LogP contribution in [0.15, 0.2) is 29.3 Å². The molecule has 0 aromatic carbocycles. The van der Waals surface area contributed by atoms with Gasteiger partial charge in [0.1, 0.15) is 0 Å². The van der Waals surface area contributed by atoms with E-state index in [1.807, 2.05) is 16.8 Å². The summed E-state index contributed by atoms with van der Waals surface area (Å²) in [5, 5.41) is 0. The highest BCUT2D eigenvalue weighted by molar-refractivity contribution is 9.10. The van der Waals surface area contributed by atoms with Gasteiger partial charge in [-0.3, -0.25) is 4.40 Å². The van der Waals surface area contributed by atoms with Crippen LogP contribution in [0.5, 0.6) is 0 Å². The molecule has 56 valence electrons. The lowest BCUT2D eigenvalue weighted by Crippen LogP contribution is -1.83. The van der Waals surface area contributed by atoms with Gasteiger partial charge in [0.2, 0.25) is 0 Å². The standard InChI is InChI=1S/C8H7BrN2/c1-6-2-3-11-7(4-6)5-10-8(11)9/h2-5H,1H3. The van der Waals surface area contributed by atoms with Crippen molar-refractivity contribution in [1.82, 2.24) is 9.38 Å². The second-order valence-corrected chi connectivity index (χ2v) is 3.24. The molecule has 0 bridgehead atoms. The van der Waals surface area contributed by atoms with E-state index in [1.165, 1.54) is 5.56 Å². The van der Waals surface area contributed by atoms with Crippen molar-refractivity contribution in [3.63, 3.8) is 0 Å². The number of hydrogen-bond acceptors (Lipinski definition) is 1. The fourth-order valence-corrected chi connectivity index (χ4v) is 1.50. The molecule has 0 unspecified atom stereocenters. The molecule has 0 spiro atoms. The van der Waals surface area contributed by atoms with Crippen LogP contribution in [0, 0.1) is 6.92 Å². The zero-order valence-corrected chi connectivity index (χ0v) is 7.67. The lowest BCUT2D eigenvalue weighted by atomic mass is 10.3. The minimum absolute atomic E-state index is 0.854. The molecule has 2 nitrogen and oxygen atoms in total. The number of fused-ring (bicyclic) bond motifs is 1. The average molecular weight is 211 g/mol. The fraction of sp³-hybridized carbons (Fsp3) is 0.125. The van der Waals surface area contributed by atoms with Crippen molar-refractivity contribution in [1.29, 1.82) is 0 Å². The van der Waals surface area contributed by atoms with E-state index in [0.717, 1.165) is 10.3 Å². The van der Waals surface area contributed by atoms with Gasteiger partial charge in [-0.2, -0.15) is 0 Å².